The maximum absolute atomic E-state index is 12.6. The molecule has 6 nitrogen and oxygen atoms in total. The summed E-state index contributed by atoms with van der Waals surface area (Å²) in [6, 6.07) is 0.0629. The number of rotatable bonds is 3. The first-order chi connectivity index (χ1) is 9.92. The summed E-state index contributed by atoms with van der Waals surface area (Å²) in [7, 11) is 2.05. The average molecular weight is 297 g/mol. The van der Waals surface area contributed by atoms with Crippen LogP contribution in [0.15, 0.2) is 0 Å². The van der Waals surface area contributed by atoms with Gasteiger partial charge in [0.15, 0.2) is 0 Å². The maximum Gasteiger partial charge on any atom is 0.318 e. The molecule has 6 heteroatoms. The standard InChI is InChI=1S/C15H27N3O3/c1-12-11-17(2)8-9-18(12)14(21)16-15(10-13(19)20)6-4-3-5-7-15/h12H,3-11H2,1-2H3,(H,16,21)(H,19,20). The van der Waals surface area contributed by atoms with E-state index in [0.29, 0.717) is 6.54 Å². The highest BCUT2D eigenvalue weighted by Crippen LogP contribution is 2.31. The molecule has 2 amide bonds. The molecule has 0 spiro atoms. The molecule has 1 heterocycles. The average Bonchev–Trinajstić information content (AvgIpc) is 2.38. The Morgan fingerprint density at radius 2 is 1.90 bits per heavy atom. The van der Waals surface area contributed by atoms with Gasteiger partial charge in [-0.25, -0.2) is 4.79 Å². The van der Waals surface area contributed by atoms with Crippen LogP contribution in [0.1, 0.15) is 45.4 Å². The molecular weight excluding hydrogens is 270 g/mol. The van der Waals surface area contributed by atoms with E-state index >= 15 is 0 Å². The molecule has 1 atom stereocenters. The molecule has 2 rings (SSSR count). The second-order valence-corrected chi connectivity index (χ2v) is 6.65. The molecule has 2 N–H and O–H groups in total. The Balaban J connectivity index is 2.02. The van der Waals surface area contributed by atoms with Gasteiger partial charge in [0.25, 0.3) is 0 Å². The SMILES string of the molecule is CC1CN(C)CCN1C(=O)NC1(CC(=O)O)CCCCC1. The number of nitrogens with one attached hydrogen (secondary N) is 1. The number of hydrogen-bond acceptors (Lipinski definition) is 3. The maximum atomic E-state index is 12.6. The molecule has 21 heavy (non-hydrogen) atoms. The second kappa shape index (κ2) is 6.64. The zero-order chi connectivity index (χ0) is 15.5. The topological polar surface area (TPSA) is 72.9 Å². The second-order valence-electron chi connectivity index (χ2n) is 6.65. The fraction of sp³-hybridized carbons (Fsp3) is 0.867. The summed E-state index contributed by atoms with van der Waals surface area (Å²) in [6.45, 7) is 4.47. The van der Waals surface area contributed by atoms with Crippen LogP contribution >= 0.6 is 0 Å². The Bertz CT molecular complexity index is 394. The minimum atomic E-state index is -0.830. The van der Waals surface area contributed by atoms with Gasteiger partial charge in [-0.05, 0) is 26.8 Å². The van der Waals surface area contributed by atoms with E-state index in [2.05, 4.69) is 17.3 Å². The molecule has 1 unspecified atom stereocenters. The molecule has 0 radical (unpaired) electrons. The highest BCUT2D eigenvalue weighted by Gasteiger charge is 2.38. The van der Waals surface area contributed by atoms with Gasteiger partial charge in [0.05, 0.1) is 12.0 Å². The van der Waals surface area contributed by atoms with E-state index in [0.717, 1.165) is 45.2 Å². The van der Waals surface area contributed by atoms with Crippen molar-refractivity contribution in [2.45, 2.75) is 57.0 Å². The zero-order valence-electron chi connectivity index (χ0n) is 13.1. The third kappa shape index (κ3) is 4.09. The van der Waals surface area contributed by atoms with Gasteiger partial charge >= 0.3 is 12.0 Å². The lowest BCUT2D eigenvalue weighted by Gasteiger charge is -2.42. The van der Waals surface area contributed by atoms with E-state index in [1.54, 1.807) is 0 Å². The lowest BCUT2D eigenvalue weighted by molar-refractivity contribution is -0.139. The van der Waals surface area contributed by atoms with E-state index in [4.69, 9.17) is 5.11 Å². The number of aliphatic carboxylic acids is 1. The molecule has 0 aromatic heterocycles. The van der Waals surface area contributed by atoms with Gasteiger partial charge in [-0.2, -0.15) is 0 Å². The monoisotopic (exact) mass is 297 g/mol. The quantitative estimate of drug-likeness (QED) is 0.828. The summed E-state index contributed by atoms with van der Waals surface area (Å²) in [5.74, 6) is -0.830. The summed E-state index contributed by atoms with van der Waals surface area (Å²) >= 11 is 0. The molecule has 0 aromatic rings. The van der Waals surface area contributed by atoms with Crippen molar-refractivity contribution in [1.29, 1.82) is 0 Å². The molecule has 2 aliphatic rings. The molecule has 0 bridgehead atoms. The van der Waals surface area contributed by atoms with Crippen molar-refractivity contribution in [3.8, 4) is 0 Å². The fourth-order valence-corrected chi connectivity index (χ4v) is 3.60. The van der Waals surface area contributed by atoms with Crippen molar-refractivity contribution in [3.63, 3.8) is 0 Å². The van der Waals surface area contributed by atoms with Crippen molar-refractivity contribution in [3.05, 3.63) is 0 Å². The van der Waals surface area contributed by atoms with Crippen LogP contribution in [-0.4, -0.2) is 65.2 Å². The Kier molecular flexibility index (Phi) is 5.08. The van der Waals surface area contributed by atoms with Gasteiger partial charge in [-0.15, -0.1) is 0 Å². The predicted molar refractivity (Wildman–Crippen MR) is 80.3 cm³/mol. The number of amides is 2. The van der Waals surface area contributed by atoms with Gasteiger partial charge in [0, 0.05) is 25.7 Å². The van der Waals surface area contributed by atoms with Crippen molar-refractivity contribution in [1.82, 2.24) is 15.1 Å². The van der Waals surface area contributed by atoms with Crippen molar-refractivity contribution >= 4 is 12.0 Å². The van der Waals surface area contributed by atoms with E-state index in [9.17, 15) is 9.59 Å². The van der Waals surface area contributed by atoms with Crippen LogP contribution in [0.2, 0.25) is 0 Å². The summed E-state index contributed by atoms with van der Waals surface area (Å²) in [4.78, 5) is 27.8. The zero-order valence-corrected chi connectivity index (χ0v) is 13.1. The third-order valence-electron chi connectivity index (χ3n) is 4.76. The van der Waals surface area contributed by atoms with Gasteiger partial charge in [0.1, 0.15) is 0 Å². The Morgan fingerprint density at radius 3 is 2.48 bits per heavy atom. The summed E-state index contributed by atoms with van der Waals surface area (Å²) in [5.41, 5.74) is -0.551. The van der Waals surface area contributed by atoms with Crippen LogP contribution in [0.3, 0.4) is 0 Å². The van der Waals surface area contributed by atoms with Gasteiger partial charge in [0.2, 0.25) is 0 Å². The van der Waals surface area contributed by atoms with Crippen LogP contribution in [0.4, 0.5) is 4.79 Å². The molecule has 1 aliphatic carbocycles. The van der Waals surface area contributed by atoms with Crippen LogP contribution < -0.4 is 5.32 Å². The van der Waals surface area contributed by atoms with Crippen LogP contribution in [0.5, 0.6) is 0 Å². The molecule has 2 fully saturated rings. The van der Waals surface area contributed by atoms with Crippen molar-refractivity contribution in [2.24, 2.45) is 0 Å². The number of hydrogen-bond donors (Lipinski definition) is 2. The molecule has 0 aromatic carbocycles. The molecule has 120 valence electrons. The highest BCUT2D eigenvalue weighted by atomic mass is 16.4. The Labute approximate surface area is 126 Å². The lowest BCUT2D eigenvalue weighted by atomic mass is 9.79. The van der Waals surface area contributed by atoms with Gasteiger partial charge < -0.3 is 20.2 Å². The number of urea groups is 1. The lowest BCUT2D eigenvalue weighted by Crippen LogP contribution is -2.60. The number of likely N-dealkylation sites (N-methyl/N-ethyl adjacent to an activating group) is 1. The largest absolute Gasteiger partial charge is 0.481 e. The van der Waals surface area contributed by atoms with Crippen LogP contribution in [0, 0.1) is 0 Å². The fourth-order valence-electron chi connectivity index (χ4n) is 3.60. The first-order valence-electron chi connectivity index (χ1n) is 7.91. The number of carbonyl (C=O) groups is 2. The molecular formula is C15H27N3O3. The Hall–Kier alpha value is -1.30. The summed E-state index contributed by atoms with van der Waals surface area (Å²) in [6.07, 6.45) is 4.68. The first-order valence-corrected chi connectivity index (χ1v) is 7.91. The van der Waals surface area contributed by atoms with Crippen LogP contribution in [0.25, 0.3) is 0 Å². The van der Waals surface area contributed by atoms with Crippen molar-refractivity contribution in [2.75, 3.05) is 26.7 Å². The first kappa shape index (κ1) is 16.1. The number of nitrogens with zero attached hydrogens (tertiary/aromatic N) is 2. The molecule has 1 saturated heterocycles. The number of carboxylic acids is 1. The molecule has 1 saturated carbocycles. The van der Waals surface area contributed by atoms with E-state index in [-0.39, 0.29) is 18.5 Å². The van der Waals surface area contributed by atoms with Crippen LogP contribution in [-0.2, 0) is 4.79 Å². The third-order valence-corrected chi connectivity index (χ3v) is 4.76. The van der Waals surface area contributed by atoms with E-state index in [1.165, 1.54) is 0 Å². The minimum absolute atomic E-state index is 0.0286. The van der Waals surface area contributed by atoms with E-state index < -0.39 is 11.5 Å². The summed E-state index contributed by atoms with van der Waals surface area (Å²) in [5, 5.41) is 12.2. The summed E-state index contributed by atoms with van der Waals surface area (Å²) < 4.78 is 0. The number of piperazine rings is 1. The number of carboxylic acid groups (broad SMARTS) is 1. The predicted octanol–water partition coefficient (Wildman–Crippen LogP) is 1.51. The normalized spacial score (nSPS) is 26.4. The highest BCUT2D eigenvalue weighted by molar-refractivity contribution is 5.77. The van der Waals surface area contributed by atoms with Crippen molar-refractivity contribution < 1.29 is 14.7 Å². The van der Waals surface area contributed by atoms with Gasteiger partial charge in [-0.1, -0.05) is 19.3 Å². The molecule has 1 aliphatic heterocycles. The minimum Gasteiger partial charge on any atom is -0.481 e. The Morgan fingerprint density at radius 1 is 1.24 bits per heavy atom. The van der Waals surface area contributed by atoms with E-state index in [1.807, 2.05) is 11.8 Å². The number of carbonyl (C=O) groups excluding carboxylic acids is 1. The van der Waals surface area contributed by atoms with Gasteiger partial charge in [-0.3, -0.25) is 4.79 Å². The smallest absolute Gasteiger partial charge is 0.318 e.